The van der Waals surface area contributed by atoms with Crippen LogP contribution in [0.3, 0.4) is 0 Å². The van der Waals surface area contributed by atoms with Crippen LogP contribution in [-0.2, 0) is 6.42 Å². The zero-order chi connectivity index (χ0) is 12.3. The molecule has 1 saturated heterocycles. The SMILES string of the molecule is COc1cc(CC2CCCNC2)cc(F)c1Cl. The molecule has 1 aliphatic rings. The Morgan fingerprint density at radius 1 is 1.53 bits per heavy atom. The van der Waals surface area contributed by atoms with Gasteiger partial charge in [-0.1, -0.05) is 11.6 Å². The Labute approximate surface area is 106 Å². The Morgan fingerprint density at radius 2 is 2.35 bits per heavy atom. The summed E-state index contributed by atoms with van der Waals surface area (Å²) >= 11 is 5.80. The lowest BCUT2D eigenvalue weighted by molar-refractivity contribution is 0.373. The van der Waals surface area contributed by atoms with Crippen LogP contribution in [0, 0.1) is 11.7 Å². The van der Waals surface area contributed by atoms with Gasteiger partial charge in [0.25, 0.3) is 0 Å². The van der Waals surface area contributed by atoms with Gasteiger partial charge >= 0.3 is 0 Å². The van der Waals surface area contributed by atoms with E-state index in [0.717, 1.165) is 25.1 Å². The third-order valence-corrected chi connectivity index (χ3v) is 3.56. The summed E-state index contributed by atoms with van der Waals surface area (Å²) in [5, 5.41) is 3.43. The maximum Gasteiger partial charge on any atom is 0.145 e. The van der Waals surface area contributed by atoms with Crippen molar-refractivity contribution in [2.45, 2.75) is 19.3 Å². The zero-order valence-electron chi connectivity index (χ0n) is 9.93. The lowest BCUT2D eigenvalue weighted by Gasteiger charge is -2.23. The summed E-state index contributed by atoms with van der Waals surface area (Å²) in [5.41, 5.74) is 0.956. The summed E-state index contributed by atoms with van der Waals surface area (Å²) in [5.74, 6) is 0.601. The van der Waals surface area contributed by atoms with E-state index in [1.165, 1.54) is 26.0 Å². The van der Waals surface area contributed by atoms with Gasteiger partial charge in [0, 0.05) is 0 Å². The third kappa shape index (κ3) is 3.11. The standard InChI is InChI=1S/C13H17ClFNO/c1-17-12-7-10(6-11(15)13(12)14)5-9-3-2-4-16-8-9/h6-7,9,16H,2-5,8H2,1H3. The van der Waals surface area contributed by atoms with Crippen LogP contribution in [0.15, 0.2) is 12.1 Å². The molecule has 94 valence electrons. The molecule has 0 amide bonds. The Kier molecular flexibility index (Phi) is 4.24. The highest BCUT2D eigenvalue weighted by atomic mass is 35.5. The van der Waals surface area contributed by atoms with E-state index in [9.17, 15) is 4.39 Å². The minimum Gasteiger partial charge on any atom is -0.495 e. The molecule has 1 aromatic rings. The molecule has 1 unspecified atom stereocenters. The molecule has 1 atom stereocenters. The molecule has 0 radical (unpaired) electrons. The molecule has 1 aromatic carbocycles. The fraction of sp³-hybridized carbons (Fsp3) is 0.538. The Balaban J connectivity index is 2.12. The first kappa shape index (κ1) is 12.7. The first-order chi connectivity index (χ1) is 8.20. The van der Waals surface area contributed by atoms with Gasteiger partial charge in [-0.05, 0) is 56.0 Å². The number of rotatable bonds is 3. The van der Waals surface area contributed by atoms with E-state index in [1.807, 2.05) is 6.07 Å². The molecule has 17 heavy (non-hydrogen) atoms. The van der Waals surface area contributed by atoms with Crippen LogP contribution in [0.5, 0.6) is 5.75 Å². The van der Waals surface area contributed by atoms with Crippen LogP contribution in [0.4, 0.5) is 4.39 Å². The highest BCUT2D eigenvalue weighted by molar-refractivity contribution is 6.32. The molecule has 0 aromatic heterocycles. The summed E-state index contributed by atoms with van der Waals surface area (Å²) in [6, 6.07) is 3.35. The number of hydrogen-bond donors (Lipinski definition) is 1. The topological polar surface area (TPSA) is 21.3 Å². The van der Waals surface area contributed by atoms with Crippen LogP contribution in [0.2, 0.25) is 5.02 Å². The molecule has 0 aliphatic carbocycles. The third-order valence-electron chi connectivity index (χ3n) is 3.20. The highest BCUT2D eigenvalue weighted by Gasteiger charge is 2.16. The second-order valence-corrected chi connectivity index (χ2v) is 4.89. The molecular formula is C13H17ClFNO. The van der Waals surface area contributed by atoms with Gasteiger partial charge < -0.3 is 10.1 Å². The van der Waals surface area contributed by atoms with Gasteiger partial charge in [-0.15, -0.1) is 0 Å². The number of nitrogens with one attached hydrogen (secondary N) is 1. The van der Waals surface area contributed by atoms with Crippen molar-refractivity contribution in [2.75, 3.05) is 20.2 Å². The molecule has 2 nitrogen and oxygen atoms in total. The van der Waals surface area contributed by atoms with E-state index >= 15 is 0 Å². The van der Waals surface area contributed by atoms with Gasteiger partial charge in [0.05, 0.1) is 7.11 Å². The average molecular weight is 258 g/mol. The molecule has 1 heterocycles. The van der Waals surface area contributed by atoms with Gasteiger partial charge in [0.2, 0.25) is 0 Å². The maximum absolute atomic E-state index is 13.6. The first-order valence-electron chi connectivity index (χ1n) is 5.93. The predicted octanol–water partition coefficient (Wildman–Crippen LogP) is 3.03. The molecule has 0 saturated carbocycles. The molecule has 1 aliphatic heterocycles. The quantitative estimate of drug-likeness (QED) is 0.899. The lowest BCUT2D eigenvalue weighted by atomic mass is 9.92. The van der Waals surface area contributed by atoms with E-state index in [-0.39, 0.29) is 5.02 Å². The minimum atomic E-state index is -0.398. The fourth-order valence-corrected chi connectivity index (χ4v) is 2.50. The van der Waals surface area contributed by atoms with Crippen molar-refractivity contribution >= 4 is 11.6 Å². The van der Waals surface area contributed by atoms with Crippen molar-refractivity contribution in [3.63, 3.8) is 0 Å². The lowest BCUT2D eigenvalue weighted by Crippen LogP contribution is -2.30. The van der Waals surface area contributed by atoms with Crippen LogP contribution in [-0.4, -0.2) is 20.2 Å². The summed E-state index contributed by atoms with van der Waals surface area (Å²) in [4.78, 5) is 0. The largest absolute Gasteiger partial charge is 0.495 e. The number of piperidine rings is 1. The van der Waals surface area contributed by atoms with Crippen molar-refractivity contribution in [1.29, 1.82) is 0 Å². The Bertz CT molecular complexity index is 391. The van der Waals surface area contributed by atoms with E-state index < -0.39 is 5.82 Å². The van der Waals surface area contributed by atoms with Crippen molar-refractivity contribution in [3.05, 3.63) is 28.5 Å². The summed E-state index contributed by atoms with van der Waals surface area (Å²) in [6.07, 6.45) is 3.26. The van der Waals surface area contributed by atoms with E-state index in [4.69, 9.17) is 16.3 Å². The normalized spacial score (nSPS) is 20.3. The van der Waals surface area contributed by atoms with Gasteiger partial charge in [0.1, 0.15) is 16.6 Å². The van der Waals surface area contributed by atoms with Gasteiger partial charge in [-0.2, -0.15) is 0 Å². The van der Waals surface area contributed by atoms with Crippen molar-refractivity contribution in [1.82, 2.24) is 5.32 Å². The summed E-state index contributed by atoms with van der Waals surface area (Å²) in [7, 11) is 1.51. The number of ether oxygens (including phenoxy) is 1. The summed E-state index contributed by atoms with van der Waals surface area (Å²) < 4.78 is 18.6. The smallest absolute Gasteiger partial charge is 0.145 e. The number of hydrogen-bond acceptors (Lipinski definition) is 2. The molecule has 1 N–H and O–H groups in total. The second kappa shape index (κ2) is 5.69. The highest BCUT2D eigenvalue weighted by Crippen LogP contribution is 2.30. The second-order valence-electron chi connectivity index (χ2n) is 4.51. The monoisotopic (exact) mass is 257 g/mol. The minimum absolute atomic E-state index is 0.0676. The molecule has 0 bridgehead atoms. The van der Waals surface area contributed by atoms with E-state index in [2.05, 4.69) is 5.32 Å². The number of benzene rings is 1. The van der Waals surface area contributed by atoms with Crippen LogP contribution < -0.4 is 10.1 Å². The molecule has 0 spiro atoms. The van der Waals surface area contributed by atoms with E-state index in [0.29, 0.717) is 11.7 Å². The first-order valence-corrected chi connectivity index (χ1v) is 6.31. The van der Waals surface area contributed by atoms with Crippen LogP contribution in [0.1, 0.15) is 18.4 Å². The predicted molar refractivity (Wildman–Crippen MR) is 67.3 cm³/mol. The van der Waals surface area contributed by atoms with Crippen LogP contribution >= 0.6 is 11.6 Å². The fourth-order valence-electron chi connectivity index (χ4n) is 2.32. The van der Waals surface area contributed by atoms with E-state index in [1.54, 1.807) is 0 Å². The Hall–Kier alpha value is -0.800. The number of halogens is 2. The van der Waals surface area contributed by atoms with Crippen molar-refractivity contribution in [2.24, 2.45) is 5.92 Å². The summed E-state index contributed by atoms with van der Waals surface area (Å²) in [6.45, 7) is 2.10. The van der Waals surface area contributed by atoms with Crippen LogP contribution in [0.25, 0.3) is 0 Å². The molecule has 1 fully saturated rings. The molecular weight excluding hydrogens is 241 g/mol. The zero-order valence-corrected chi connectivity index (χ0v) is 10.7. The maximum atomic E-state index is 13.6. The van der Waals surface area contributed by atoms with Gasteiger partial charge in [0.15, 0.2) is 0 Å². The molecule has 2 rings (SSSR count). The van der Waals surface area contributed by atoms with Gasteiger partial charge in [-0.25, -0.2) is 4.39 Å². The molecule has 4 heteroatoms. The van der Waals surface area contributed by atoms with Gasteiger partial charge in [-0.3, -0.25) is 0 Å². The van der Waals surface area contributed by atoms with Crippen molar-refractivity contribution < 1.29 is 9.13 Å². The number of methoxy groups -OCH3 is 1. The average Bonchev–Trinajstić information content (AvgIpc) is 2.35. The van der Waals surface area contributed by atoms with Crippen molar-refractivity contribution in [3.8, 4) is 5.75 Å². The Morgan fingerprint density at radius 3 is 3.00 bits per heavy atom.